The van der Waals surface area contributed by atoms with Crippen LogP contribution in [0.4, 0.5) is 17.2 Å². The predicted octanol–water partition coefficient (Wildman–Crippen LogP) is 10.7. The minimum Gasteiger partial charge on any atom is -0.294 e. The summed E-state index contributed by atoms with van der Waals surface area (Å²) in [5.74, 6) is 0.923. The Balaban J connectivity index is 1.17. The first-order valence-corrected chi connectivity index (χ1v) is 14.7. The lowest BCUT2D eigenvalue weighted by atomic mass is 9.93. The van der Waals surface area contributed by atoms with Crippen LogP contribution in [0.2, 0.25) is 0 Å². The van der Waals surface area contributed by atoms with Crippen molar-refractivity contribution >= 4 is 49.6 Å². The van der Waals surface area contributed by atoms with Crippen molar-refractivity contribution in [3.05, 3.63) is 140 Å². The van der Waals surface area contributed by atoms with Crippen LogP contribution in [0.1, 0.15) is 0 Å². The molecule has 3 nitrogen and oxygen atoms in total. The number of para-hydroxylation sites is 2. The van der Waals surface area contributed by atoms with Gasteiger partial charge in [0.2, 0.25) is 0 Å². The van der Waals surface area contributed by atoms with Gasteiger partial charge in [0, 0.05) is 22.8 Å². The molecular formula is C40H23N3. The van der Waals surface area contributed by atoms with Crippen molar-refractivity contribution in [2.45, 2.75) is 0 Å². The maximum atomic E-state index is 5.24. The molecule has 3 heterocycles. The van der Waals surface area contributed by atoms with E-state index in [1.165, 1.54) is 49.5 Å². The lowest BCUT2D eigenvalue weighted by Crippen LogP contribution is -2.17. The molecule has 198 valence electrons. The number of benzene rings is 6. The molecule has 0 saturated heterocycles. The number of aromatic nitrogens is 2. The molecule has 0 saturated carbocycles. The minimum absolute atomic E-state index is 0.923. The average molecular weight is 546 g/mol. The number of pyridine rings is 2. The van der Waals surface area contributed by atoms with Gasteiger partial charge in [-0.2, -0.15) is 0 Å². The highest BCUT2D eigenvalue weighted by Gasteiger charge is 2.29. The van der Waals surface area contributed by atoms with Crippen LogP contribution in [-0.4, -0.2) is 9.97 Å². The summed E-state index contributed by atoms with van der Waals surface area (Å²) in [5.41, 5.74) is 13.0. The maximum absolute atomic E-state index is 5.24. The Bertz CT molecular complexity index is 2430. The van der Waals surface area contributed by atoms with Crippen LogP contribution in [0.5, 0.6) is 0 Å². The van der Waals surface area contributed by atoms with Crippen LogP contribution in [-0.2, 0) is 0 Å². The number of anilines is 3. The molecule has 10 rings (SSSR count). The van der Waals surface area contributed by atoms with E-state index in [4.69, 9.17) is 9.97 Å². The van der Waals surface area contributed by atoms with Crippen molar-refractivity contribution in [3.63, 3.8) is 0 Å². The van der Waals surface area contributed by atoms with E-state index in [2.05, 4.69) is 138 Å². The summed E-state index contributed by atoms with van der Waals surface area (Å²) >= 11 is 0. The van der Waals surface area contributed by atoms with Crippen LogP contribution in [0, 0.1) is 0 Å². The summed E-state index contributed by atoms with van der Waals surface area (Å²) in [6.07, 6.45) is 1.92. The third kappa shape index (κ3) is 3.03. The minimum atomic E-state index is 0.923. The largest absolute Gasteiger partial charge is 0.294 e. The van der Waals surface area contributed by atoms with Gasteiger partial charge in [-0.3, -0.25) is 9.88 Å². The zero-order chi connectivity index (χ0) is 28.1. The summed E-state index contributed by atoms with van der Waals surface area (Å²) in [6.45, 7) is 0. The molecule has 6 aromatic carbocycles. The monoisotopic (exact) mass is 545 g/mol. The Labute approximate surface area is 248 Å². The third-order valence-electron chi connectivity index (χ3n) is 9.19. The molecule has 2 aliphatic rings. The van der Waals surface area contributed by atoms with Crippen molar-refractivity contribution in [3.8, 4) is 44.6 Å². The van der Waals surface area contributed by atoms with Crippen LogP contribution in [0.15, 0.2) is 140 Å². The fourth-order valence-corrected chi connectivity index (χ4v) is 7.34. The van der Waals surface area contributed by atoms with Crippen molar-refractivity contribution in [2.75, 3.05) is 4.90 Å². The highest BCUT2D eigenvalue weighted by molar-refractivity contribution is 6.20. The Kier molecular flexibility index (Phi) is 4.45. The number of hydrogen-bond donors (Lipinski definition) is 0. The van der Waals surface area contributed by atoms with E-state index >= 15 is 0 Å². The lowest BCUT2D eigenvalue weighted by Gasteiger charge is -2.32. The van der Waals surface area contributed by atoms with Gasteiger partial charge < -0.3 is 0 Å². The SMILES string of the molecule is c1ccc2c(c1)-c1cccc3c(-c4ccc(N5c6ccccc6-c6nccc7c6c5nc5ccccc57)cc4)ccc-2c13. The average Bonchev–Trinajstić information content (AvgIpc) is 3.40. The van der Waals surface area contributed by atoms with Gasteiger partial charge in [0.05, 0.1) is 22.3 Å². The molecule has 0 bridgehead atoms. The van der Waals surface area contributed by atoms with Crippen molar-refractivity contribution < 1.29 is 0 Å². The van der Waals surface area contributed by atoms with E-state index in [0.29, 0.717) is 0 Å². The van der Waals surface area contributed by atoms with E-state index in [0.717, 1.165) is 44.7 Å². The molecule has 43 heavy (non-hydrogen) atoms. The highest BCUT2D eigenvalue weighted by Crippen LogP contribution is 2.52. The Morgan fingerprint density at radius 1 is 0.442 bits per heavy atom. The lowest BCUT2D eigenvalue weighted by molar-refractivity contribution is 1.20. The summed E-state index contributed by atoms with van der Waals surface area (Å²) in [6, 6.07) is 48.0. The number of hydrogen-bond acceptors (Lipinski definition) is 3. The second-order valence-corrected chi connectivity index (χ2v) is 11.4. The van der Waals surface area contributed by atoms with Gasteiger partial charge in [-0.25, -0.2) is 4.98 Å². The first-order valence-electron chi connectivity index (χ1n) is 14.7. The van der Waals surface area contributed by atoms with E-state index in [-0.39, 0.29) is 0 Å². The molecule has 0 fully saturated rings. The number of fused-ring (bicyclic) bond motifs is 7. The van der Waals surface area contributed by atoms with E-state index in [1.54, 1.807) is 0 Å². The molecule has 1 aliphatic carbocycles. The summed E-state index contributed by atoms with van der Waals surface area (Å²) in [5, 5.41) is 6.06. The van der Waals surface area contributed by atoms with Gasteiger partial charge in [-0.15, -0.1) is 0 Å². The fourth-order valence-electron chi connectivity index (χ4n) is 7.34. The fraction of sp³-hybridized carbons (Fsp3) is 0. The number of nitrogens with zero attached hydrogens (tertiary/aromatic N) is 3. The molecule has 0 spiro atoms. The van der Waals surface area contributed by atoms with Gasteiger partial charge in [0.25, 0.3) is 0 Å². The van der Waals surface area contributed by atoms with Crippen LogP contribution >= 0.6 is 0 Å². The Hall–Kier alpha value is -5.80. The second kappa shape index (κ2) is 8.37. The molecular weight excluding hydrogens is 522 g/mol. The first kappa shape index (κ1) is 22.8. The molecule has 0 amide bonds. The Morgan fingerprint density at radius 2 is 1.12 bits per heavy atom. The molecule has 0 radical (unpaired) electrons. The van der Waals surface area contributed by atoms with Gasteiger partial charge in [-0.1, -0.05) is 103 Å². The summed E-state index contributed by atoms with van der Waals surface area (Å²) < 4.78 is 0. The molecule has 0 N–H and O–H groups in total. The van der Waals surface area contributed by atoms with E-state index in [9.17, 15) is 0 Å². The van der Waals surface area contributed by atoms with Crippen molar-refractivity contribution in [1.82, 2.24) is 9.97 Å². The third-order valence-corrected chi connectivity index (χ3v) is 9.19. The van der Waals surface area contributed by atoms with Gasteiger partial charge in [0.15, 0.2) is 0 Å². The predicted molar refractivity (Wildman–Crippen MR) is 178 cm³/mol. The second-order valence-electron chi connectivity index (χ2n) is 11.4. The van der Waals surface area contributed by atoms with Gasteiger partial charge in [0.1, 0.15) is 5.82 Å². The number of rotatable bonds is 2. The topological polar surface area (TPSA) is 29.0 Å². The van der Waals surface area contributed by atoms with Crippen LogP contribution in [0.25, 0.3) is 77.1 Å². The van der Waals surface area contributed by atoms with E-state index in [1.807, 2.05) is 6.20 Å². The van der Waals surface area contributed by atoms with E-state index < -0.39 is 0 Å². The normalized spacial score (nSPS) is 12.6. The highest BCUT2D eigenvalue weighted by atomic mass is 15.2. The standard InChI is InChI=1S/C40H23N3/c1-2-9-28-27(8-1)31-13-7-12-30-26(20-21-32(28)37(30)31)24-16-18-25(19-17-24)43-36-15-6-4-11-34(36)39-38-33(22-23-41-39)29-10-3-5-14-35(29)42-40(38)43/h1-23H. The van der Waals surface area contributed by atoms with Crippen molar-refractivity contribution in [2.24, 2.45) is 0 Å². The molecule has 0 unspecified atom stereocenters. The summed E-state index contributed by atoms with van der Waals surface area (Å²) in [7, 11) is 0. The zero-order valence-corrected chi connectivity index (χ0v) is 23.1. The quantitative estimate of drug-likeness (QED) is 0.202. The zero-order valence-electron chi connectivity index (χ0n) is 23.1. The molecule has 1 aliphatic heterocycles. The maximum Gasteiger partial charge on any atom is 0.148 e. The van der Waals surface area contributed by atoms with Gasteiger partial charge in [-0.05, 0) is 79.9 Å². The molecule has 3 heteroatoms. The van der Waals surface area contributed by atoms with Crippen LogP contribution in [0.3, 0.4) is 0 Å². The van der Waals surface area contributed by atoms with Gasteiger partial charge >= 0.3 is 0 Å². The molecule has 0 atom stereocenters. The Morgan fingerprint density at radius 3 is 1.98 bits per heavy atom. The molecule has 2 aromatic heterocycles. The van der Waals surface area contributed by atoms with Crippen LogP contribution < -0.4 is 4.90 Å². The van der Waals surface area contributed by atoms with Crippen molar-refractivity contribution in [1.29, 1.82) is 0 Å². The smallest absolute Gasteiger partial charge is 0.148 e. The molecule has 8 aromatic rings. The first-order chi connectivity index (χ1) is 21.3. The summed E-state index contributed by atoms with van der Waals surface area (Å²) in [4.78, 5) is 12.4.